The van der Waals surface area contributed by atoms with Crippen LogP contribution in [0.5, 0.6) is 11.5 Å². The fraction of sp³-hybridized carbons (Fsp3) is 0.448. The summed E-state index contributed by atoms with van der Waals surface area (Å²) in [6.45, 7) is 6.80. The molecule has 2 atom stereocenters. The molecule has 4 heterocycles. The number of fused-ring (bicyclic) bond motifs is 1. The molecule has 12 heteroatoms. The van der Waals surface area contributed by atoms with Gasteiger partial charge in [0, 0.05) is 68.4 Å². The predicted molar refractivity (Wildman–Crippen MR) is 158 cm³/mol. The van der Waals surface area contributed by atoms with E-state index >= 15 is 0 Å². The molecule has 5 rings (SSSR count). The first-order valence-electron chi connectivity index (χ1n) is 13.8. The molecular weight excluding hydrogens is 524 g/mol. The lowest BCUT2D eigenvalue weighted by atomic mass is 10.0. The van der Waals surface area contributed by atoms with E-state index in [2.05, 4.69) is 32.5 Å². The number of benzene rings is 1. The molecule has 2 fully saturated rings. The molecule has 218 valence electrons. The smallest absolute Gasteiger partial charge is 0.241 e. The monoisotopic (exact) mass is 562 g/mol. The van der Waals surface area contributed by atoms with Crippen LogP contribution in [0.25, 0.3) is 22.2 Å². The third-order valence-electron chi connectivity index (χ3n) is 7.48. The topological polar surface area (TPSA) is 140 Å². The van der Waals surface area contributed by atoms with Crippen molar-refractivity contribution in [3.05, 3.63) is 42.6 Å². The van der Waals surface area contributed by atoms with Gasteiger partial charge in [0.2, 0.25) is 11.9 Å². The van der Waals surface area contributed by atoms with Gasteiger partial charge < -0.3 is 35.5 Å². The number of anilines is 2. The minimum atomic E-state index is -0.486. The molecule has 2 saturated heterocycles. The number of likely N-dealkylation sites (N-methyl/N-ethyl adjacent to an activating group) is 1. The van der Waals surface area contributed by atoms with Gasteiger partial charge in [-0.1, -0.05) is 6.08 Å². The Bertz CT molecular complexity index is 1370. The lowest BCUT2D eigenvalue weighted by molar-refractivity contribution is -0.113. The van der Waals surface area contributed by atoms with Crippen LogP contribution in [0.2, 0.25) is 0 Å². The van der Waals surface area contributed by atoms with Gasteiger partial charge in [-0.05, 0) is 31.3 Å². The van der Waals surface area contributed by atoms with Crippen molar-refractivity contribution in [3.8, 4) is 22.8 Å². The van der Waals surface area contributed by atoms with Crippen molar-refractivity contribution in [1.29, 1.82) is 0 Å². The van der Waals surface area contributed by atoms with Crippen LogP contribution in [0.4, 0.5) is 11.8 Å². The molecule has 41 heavy (non-hydrogen) atoms. The minimum absolute atomic E-state index is 0.0217. The first kappa shape index (κ1) is 28.5. The number of pyridine rings is 1. The van der Waals surface area contributed by atoms with Gasteiger partial charge in [-0.3, -0.25) is 9.69 Å². The van der Waals surface area contributed by atoms with Crippen LogP contribution >= 0.6 is 0 Å². The first-order chi connectivity index (χ1) is 19.9. The highest BCUT2D eigenvalue weighted by atomic mass is 16.5. The molecule has 2 aliphatic rings. The van der Waals surface area contributed by atoms with E-state index in [-0.39, 0.29) is 12.0 Å². The van der Waals surface area contributed by atoms with Gasteiger partial charge in [-0.25, -0.2) is 15.0 Å². The number of nitrogens with zero attached hydrogens (tertiary/aromatic N) is 5. The van der Waals surface area contributed by atoms with Gasteiger partial charge in [-0.2, -0.15) is 0 Å². The van der Waals surface area contributed by atoms with Crippen LogP contribution in [0.1, 0.15) is 0 Å². The Labute approximate surface area is 239 Å². The standard InChI is InChI=1S/C29H38N8O4/c1-36-8-10-37(11-9-36)7-6-31-28-27-21(14-24(33-28)20-12-22(39-2)15-23(13-20)40-3)16-32-29(35-27)34-25-18-41-17-19(25)4-5-26(30)38/h4-5,12-16,19,25H,6-11,17-18H2,1-3H3,(H2,30,38)(H,31,33)(H,32,34,35)/t19-,25+/m0/s1. The highest BCUT2D eigenvalue weighted by molar-refractivity contribution is 5.92. The molecule has 12 nitrogen and oxygen atoms in total. The Morgan fingerprint density at radius 2 is 1.85 bits per heavy atom. The summed E-state index contributed by atoms with van der Waals surface area (Å²) in [5.74, 6) is 1.99. The third kappa shape index (κ3) is 7.20. The lowest BCUT2D eigenvalue weighted by Gasteiger charge is -2.32. The second-order valence-corrected chi connectivity index (χ2v) is 10.4. The molecular formula is C29H38N8O4. The van der Waals surface area contributed by atoms with Crippen LogP contribution in [0, 0.1) is 5.92 Å². The van der Waals surface area contributed by atoms with Crippen LogP contribution in [-0.2, 0) is 9.53 Å². The predicted octanol–water partition coefficient (Wildman–Crippen LogP) is 1.84. The molecule has 0 spiro atoms. The van der Waals surface area contributed by atoms with Crippen molar-refractivity contribution in [2.45, 2.75) is 6.04 Å². The number of ether oxygens (including phenoxy) is 3. The Hall–Kier alpha value is -4.00. The molecule has 0 bridgehead atoms. The maximum atomic E-state index is 11.2. The SMILES string of the molecule is COc1cc(OC)cc(-c2cc3cnc(N[C@@H]4COC[C@@H]4C=CC(N)=O)nc3c(NCCN3CCN(C)CC3)n2)c1. The summed E-state index contributed by atoms with van der Waals surface area (Å²) in [4.78, 5) is 30.5. The summed E-state index contributed by atoms with van der Waals surface area (Å²) in [5.41, 5.74) is 7.61. The Balaban J connectivity index is 1.44. The summed E-state index contributed by atoms with van der Waals surface area (Å²) in [6, 6.07) is 7.58. The zero-order valence-electron chi connectivity index (χ0n) is 23.8. The summed E-state index contributed by atoms with van der Waals surface area (Å²) >= 11 is 0. The number of carbonyl (C=O) groups is 1. The maximum Gasteiger partial charge on any atom is 0.241 e. The number of methoxy groups -OCH3 is 2. The molecule has 1 aromatic carbocycles. The number of hydrogen-bond acceptors (Lipinski definition) is 11. The van der Waals surface area contributed by atoms with Gasteiger partial charge in [0.15, 0.2) is 5.82 Å². The van der Waals surface area contributed by atoms with Crippen LogP contribution in [0.15, 0.2) is 42.6 Å². The summed E-state index contributed by atoms with van der Waals surface area (Å²) in [6.07, 6.45) is 4.94. The van der Waals surface area contributed by atoms with Crippen molar-refractivity contribution in [2.24, 2.45) is 11.7 Å². The minimum Gasteiger partial charge on any atom is -0.497 e. The van der Waals surface area contributed by atoms with E-state index in [0.717, 1.165) is 55.9 Å². The second kappa shape index (κ2) is 13.1. The molecule has 0 saturated carbocycles. The van der Waals surface area contributed by atoms with E-state index < -0.39 is 5.91 Å². The molecule has 0 aliphatic carbocycles. The van der Waals surface area contributed by atoms with Crippen molar-refractivity contribution >= 4 is 28.6 Å². The van der Waals surface area contributed by atoms with Gasteiger partial charge in [-0.15, -0.1) is 0 Å². The van der Waals surface area contributed by atoms with Crippen LogP contribution in [0.3, 0.4) is 0 Å². The summed E-state index contributed by atoms with van der Waals surface area (Å²) in [7, 11) is 5.41. The number of hydrogen-bond donors (Lipinski definition) is 3. The van der Waals surface area contributed by atoms with E-state index in [4.69, 9.17) is 29.9 Å². The van der Waals surface area contributed by atoms with Gasteiger partial charge in [0.1, 0.15) is 17.0 Å². The number of nitrogens with one attached hydrogen (secondary N) is 2. The van der Waals surface area contributed by atoms with Crippen LogP contribution < -0.4 is 25.8 Å². The molecule has 2 aliphatic heterocycles. The number of rotatable bonds is 11. The Kier molecular flexibility index (Phi) is 9.12. The average Bonchev–Trinajstić information content (AvgIpc) is 3.43. The zero-order valence-corrected chi connectivity index (χ0v) is 23.8. The maximum absolute atomic E-state index is 11.2. The number of nitrogens with two attached hydrogens (primary N) is 1. The van der Waals surface area contributed by atoms with E-state index in [1.54, 1.807) is 26.5 Å². The van der Waals surface area contributed by atoms with Crippen molar-refractivity contribution in [3.63, 3.8) is 0 Å². The molecule has 0 unspecified atom stereocenters. The fourth-order valence-corrected chi connectivity index (χ4v) is 5.03. The Morgan fingerprint density at radius 3 is 2.56 bits per heavy atom. The lowest BCUT2D eigenvalue weighted by Crippen LogP contribution is -2.45. The van der Waals surface area contributed by atoms with E-state index in [9.17, 15) is 4.79 Å². The van der Waals surface area contributed by atoms with Gasteiger partial charge >= 0.3 is 0 Å². The van der Waals surface area contributed by atoms with Gasteiger partial charge in [0.05, 0.1) is 39.2 Å². The van der Waals surface area contributed by atoms with Crippen LogP contribution in [-0.4, -0.2) is 110 Å². The molecule has 3 aromatic rings. The number of aromatic nitrogens is 3. The van der Waals surface area contributed by atoms with E-state index in [0.29, 0.717) is 42.0 Å². The Morgan fingerprint density at radius 1 is 1.10 bits per heavy atom. The first-order valence-corrected chi connectivity index (χ1v) is 13.8. The highest BCUT2D eigenvalue weighted by Crippen LogP contribution is 2.32. The molecule has 1 amide bonds. The zero-order chi connectivity index (χ0) is 28.8. The van der Waals surface area contributed by atoms with Gasteiger partial charge in [0.25, 0.3) is 0 Å². The van der Waals surface area contributed by atoms with Crippen molar-refractivity contribution in [1.82, 2.24) is 24.8 Å². The van der Waals surface area contributed by atoms with E-state index in [1.165, 1.54) is 6.08 Å². The largest absolute Gasteiger partial charge is 0.497 e. The number of amides is 1. The highest BCUT2D eigenvalue weighted by Gasteiger charge is 2.27. The summed E-state index contributed by atoms with van der Waals surface area (Å²) in [5, 5.41) is 7.76. The third-order valence-corrected chi connectivity index (χ3v) is 7.48. The quantitative estimate of drug-likeness (QED) is 0.295. The van der Waals surface area contributed by atoms with Crippen molar-refractivity contribution < 1.29 is 19.0 Å². The number of primary amides is 1. The molecule has 0 radical (unpaired) electrons. The molecule has 2 aromatic heterocycles. The normalized spacial score (nSPS) is 20.0. The average molecular weight is 563 g/mol. The fourth-order valence-electron chi connectivity index (χ4n) is 5.03. The van der Waals surface area contributed by atoms with E-state index in [1.807, 2.05) is 24.3 Å². The molecule has 4 N–H and O–H groups in total. The number of carbonyl (C=O) groups excluding carboxylic acids is 1. The summed E-state index contributed by atoms with van der Waals surface area (Å²) < 4.78 is 16.6. The second-order valence-electron chi connectivity index (χ2n) is 10.4. The number of piperazine rings is 1. The van der Waals surface area contributed by atoms with Crippen molar-refractivity contribution in [2.75, 3.05) is 84.4 Å².